The Morgan fingerprint density at radius 3 is 2.95 bits per heavy atom. The Labute approximate surface area is 116 Å². The van der Waals surface area contributed by atoms with Crippen LogP contribution in [0, 0.1) is 6.92 Å². The summed E-state index contributed by atoms with van der Waals surface area (Å²) in [6, 6.07) is 3.55. The molecule has 0 atom stereocenters. The lowest BCUT2D eigenvalue weighted by Crippen LogP contribution is -2.03. The van der Waals surface area contributed by atoms with Crippen LogP contribution in [0.4, 0.5) is 11.6 Å². The van der Waals surface area contributed by atoms with Gasteiger partial charge in [-0.2, -0.15) is 5.10 Å². The molecule has 2 aromatic rings. The van der Waals surface area contributed by atoms with Crippen LogP contribution in [0.15, 0.2) is 18.3 Å². The van der Waals surface area contributed by atoms with Crippen LogP contribution in [0.2, 0.25) is 5.15 Å². The van der Waals surface area contributed by atoms with Crippen LogP contribution in [0.1, 0.15) is 12.2 Å². The van der Waals surface area contributed by atoms with Crippen LogP contribution in [0.5, 0.6) is 0 Å². The highest BCUT2D eigenvalue weighted by atomic mass is 35.5. The Balaban J connectivity index is 1.99. The maximum atomic E-state index is 5.88. The van der Waals surface area contributed by atoms with Gasteiger partial charge in [0.1, 0.15) is 16.8 Å². The number of nitrogens with zero attached hydrogens (tertiary/aromatic N) is 4. The average Bonchev–Trinajstić information content (AvgIpc) is 2.76. The summed E-state index contributed by atoms with van der Waals surface area (Å²) in [6.45, 7) is 3.34. The van der Waals surface area contributed by atoms with Crippen molar-refractivity contribution in [2.24, 2.45) is 0 Å². The number of anilines is 2. The van der Waals surface area contributed by atoms with Crippen LogP contribution < -0.4 is 5.32 Å². The molecule has 2 aromatic heterocycles. The Bertz CT molecular complexity index is 522. The van der Waals surface area contributed by atoms with Gasteiger partial charge in [-0.1, -0.05) is 11.6 Å². The van der Waals surface area contributed by atoms with Gasteiger partial charge in [-0.15, -0.1) is 0 Å². The van der Waals surface area contributed by atoms with Crippen molar-refractivity contribution in [3.63, 3.8) is 0 Å². The minimum absolute atomic E-state index is 0.412. The van der Waals surface area contributed by atoms with E-state index in [9.17, 15) is 0 Å². The molecule has 0 saturated carbocycles. The topological polar surface area (TPSA) is 64.9 Å². The highest BCUT2D eigenvalue weighted by Gasteiger charge is 2.03. The van der Waals surface area contributed by atoms with Gasteiger partial charge in [-0.25, -0.2) is 9.97 Å². The molecule has 0 saturated heterocycles. The Morgan fingerprint density at radius 2 is 2.21 bits per heavy atom. The van der Waals surface area contributed by atoms with Gasteiger partial charge >= 0.3 is 0 Å². The summed E-state index contributed by atoms with van der Waals surface area (Å²) in [6.07, 6.45) is 2.84. The number of halogens is 1. The molecule has 2 rings (SSSR count). The molecule has 0 unspecified atom stereocenters. The third kappa shape index (κ3) is 4.18. The molecule has 0 aliphatic carbocycles. The van der Waals surface area contributed by atoms with Crippen LogP contribution in [-0.4, -0.2) is 33.5 Å². The maximum Gasteiger partial charge on any atom is 0.153 e. The second kappa shape index (κ2) is 6.49. The largest absolute Gasteiger partial charge is 0.385 e. The van der Waals surface area contributed by atoms with Crippen LogP contribution >= 0.6 is 11.6 Å². The van der Waals surface area contributed by atoms with Crippen molar-refractivity contribution < 1.29 is 4.74 Å². The first-order chi connectivity index (χ1) is 9.17. The lowest BCUT2D eigenvalue weighted by molar-refractivity contribution is 0.189. The molecular weight excluding hydrogens is 266 g/mol. The fourth-order valence-corrected chi connectivity index (χ4v) is 1.88. The number of methoxy groups -OCH3 is 1. The van der Waals surface area contributed by atoms with Crippen molar-refractivity contribution in [3.8, 4) is 0 Å². The number of hydrogen-bond donors (Lipinski definition) is 1. The Kier molecular flexibility index (Phi) is 4.70. The second-order valence-corrected chi connectivity index (χ2v) is 4.45. The zero-order chi connectivity index (χ0) is 13.7. The average molecular weight is 282 g/mol. The first-order valence-electron chi connectivity index (χ1n) is 5.98. The summed E-state index contributed by atoms with van der Waals surface area (Å²) >= 11 is 5.88. The molecule has 0 aliphatic rings. The highest BCUT2D eigenvalue weighted by molar-refractivity contribution is 6.29. The van der Waals surface area contributed by atoms with E-state index in [1.165, 1.54) is 0 Å². The zero-order valence-corrected chi connectivity index (χ0v) is 11.7. The molecule has 0 radical (unpaired) electrons. The standard InChI is InChI=1S/C12H16ClN5O/c1-9-14-10(13)8-12(15-9)16-11-4-6-18(17-11)5-3-7-19-2/h4,6,8H,3,5,7H2,1-2H3,(H,14,15,16,17). The van der Waals surface area contributed by atoms with Gasteiger partial charge in [-0.3, -0.25) is 4.68 Å². The highest BCUT2D eigenvalue weighted by Crippen LogP contribution is 2.15. The third-order valence-electron chi connectivity index (χ3n) is 2.44. The van der Waals surface area contributed by atoms with Crippen LogP contribution in [-0.2, 0) is 11.3 Å². The van der Waals surface area contributed by atoms with Gasteiger partial charge in [0, 0.05) is 38.6 Å². The van der Waals surface area contributed by atoms with Crippen molar-refractivity contribution in [1.82, 2.24) is 19.7 Å². The normalized spacial score (nSPS) is 10.7. The lowest BCUT2D eigenvalue weighted by Gasteiger charge is -2.04. The number of nitrogens with one attached hydrogen (secondary N) is 1. The molecule has 0 spiro atoms. The van der Waals surface area contributed by atoms with Gasteiger partial charge in [0.15, 0.2) is 5.82 Å². The van der Waals surface area contributed by atoms with Crippen molar-refractivity contribution >= 4 is 23.2 Å². The minimum atomic E-state index is 0.412. The van der Waals surface area contributed by atoms with Gasteiger partial charge in [-0.05, 0) is 13.3 Å². The van der Waals surface area contributed by atoms with Gasteiger partial charge in [0.25, 0.3) is 0 Å². The number of hydrogen-bond acceptors (Lipinski definition) is 5. The summed E-state index contributed by atoms with van der Waals surface area (Å²) in [5, 5.41) is 7.89. The molecule has 6 nitrogen and oxygen atoms in total. The Hall–Kier alpha value is -1.66. The number of rotatable bonds is 6. The predicted octanol–water partition coefficient (Wildman–Crippen LogP) is 2.42. The molecule has 1 N–H and O–H groups in total. The van der Waals surface area contributed by atoms with E-state index in [1.54, 1.807) is 20.1 Å². The predicted molar refractivity (Wildman–Crippen MR) is 73.8 cm³/mol. The molecule has 102 valence electrons. The molecular formula is C12H16ClN5O. The summed E-state index contributed by atoms with van der Waals surface area (Å²) in [5.41, 5.74) is 0. The molecule has 0 bridgehead atoms. The monoisotopic (exact) mass is 281 g/mol. The third-order valence-corrected chi connectivity index (χ3v) is 2.63. The van der Waals surface area contributed by atoms with E-state index in [0.717, 1.165) is 25.4 Å². The Morgan fingerprint density at radius 1 is 1.37 bits per heavy atom. The zero-order valence-electron chi connectivity index (χ0n) is 10.9. The van der Waals surface area contributed by atoms with E-state index in [0.29, 0.717) is 16.8 Å². The quantitative estimate of drug-likeness (QED) is 0.651. The van der Waals surface area contributed by atoms with Crippen molar-refractivity contribution in [1.29, 1.82) is 0 Å². The molecule has 0 amide bonds. The first-order valence-corrected chi connectivity index (χ1v) is 6.36. The minimum Gasteiger partial charge on any atom is -0.385 e. The molecule has 7 heteroatoms. The summed E-state index contributed by atoms with van der Waals surface area (Å²) in [5.74, 6) is 1.99. The van der Waals surface area contributed by atoms with Gasteiger partial charge in [0.05, 0.1) is 0 Å². The fraction of sp³-hybridized carbons (Fsp3) is 0.417. The summed E-state index contributed by atoms with van der Waals surface area (Å²) < 4.78 is 6.86. The molecule has 0 fully saturated rings. The van der Waals surface area contributed by atoms with Gasteiger partial charge in [0.2, 0.25) is 0 Å². The maximum absolute atomic E-state index is 5.88. The van der Waals surface area contributed by atoms with E-state index < -0.39 is 0 Å². The SMILES string of the molecule is COCCCn1ccc(Nc2cc(Cl)nc(C)n2)n1. The fourth-order valence-electron chi connectivity index (χ4n) is 1.65. The van der Waals surface area contributed by atoms with Crippen LogP contribution in [0.3, 0.4) is 0 Å². The molecule has 19 heavy (non-hydrogen) atoms. The van der Waals surface area contributed by atoms with E-state index in [2.05, 4.69) is 20.4 Å². The number of aromatic nitrogens is 4. The number of ether oxygens (including phenoxy) is 1. The van der Waals surface area contributed by atoms with Crippen molar-refractivity contribution in [3.05, 3.63) is 29.3 Å². The summed E-state index contributed by atoms with van der Waals surface area (Å²) in [4.78, 5) is 8.24. The van der Waals surface area contributed by atoms with E-state index in [4.69, 9.17) is 16.3 Å². The molecule has 0 aromatic carbocycles. The van der Waals surface area contributed by atoms with Crippen LogP contribution in [0.25, 0.3) is 0 Å². The molecule has 2 heterocycles. The van der Waals surface area contributed by atoms with Crippen molar-refractivity contribution in [2.75, 3.05) is 19.0 Å². The second-order valence-electron chi connectivity index (χ2n) is 4.06. The first kappa shape index (κ1) is 13.8. The van der Waals surface area contributed by atoms with Gasteiger partial charge < -0.3 is 10.1 Å². The smallest absolute Gasteiger partial charge is 0.153 e. The number of aryl methyl sites for hydroxylation is 2. The molecule has 0 aliphatic heterocycles. The van der Waals surface area contributed by atoms with Crippen molar-refractivity contribution in [2.45, 2.75) is 19.9 Å². The lowest BCUT2D eigenvalue weighted by atomic mass is 10.4. The van der Waals surface area contributed by atoms with E-state index >= 15 is 0 Å². The summed E-state index contributed by atoms with van der Waals surface area (Å²) in [7, 11) is 1.69. The van der Waals surface area contributed by atoms with E-state index in [1.807, 2.05) is 16.9 Å². The van der Waals surface area contributed by atoms with E-state index in [-0.39, 0.29) is 0 Å².